The summed E-state index contributed by atoms with van der Waals surface area (Å²) in [6.45, 7) is 5.17. The number of nitrogens with zero attached hydrogens (tertiary/aromatic N) is 4. The molecule has 1 aliphatic rings. The Kier molecular flexibility index (Phi) is 5.02. The molecule has 2 aromatic heterocycles. The van der Waals surface area contributed by atoms with Crippen LogP contribution in [0.15, 0.2) is 41.1 Å². The molecule has 0 spiro atoms. The lowest BCUT2D eigenvalue weighted by Crippen LogP contribution is -2.45. The fourth-order valence-electron chi connectivity index (χ4n) is 3.40. The molecule has 3 aromatic rings. The quantitative estimate of drug-likeness (QED) is 0.679. The second kappa shape index (κ2) is 7.59. The lowest BCUT2D eigenvalue weighted by Gasteiger charge is -2.21. The average molecular weight is 369 g/mol. The van der Waals surface area contributed by atoms with Gasteiger partial charge in [0.25, 0.3) is 0 Å². The lowest BCUT2D eigenvalue weighted by molar-refractivity contribution is 0.0741. The molecule has 0 radical (unpaired) electrons. The van der Waals surface area contributed by atoms with E-state index in [4.69, 9.17) is 9.26 Å². The fraction of sp³-hybridized carbons (Fsp3) is 0.421. The smallest absolute Gasteiger partial charge is 0.138 e. The molecule has 1 aliphatic heterocycles. The molecule has 0 amide bonds. The first kappa shape index (κ1) is 17.8. The molecule has 8 nitrogen and oxygen atoms in total. The maximum atomic E-state index is 10.3. The first-order chi connectivity index (χ1) is 13.1. The van der Waals surface area contributed by atoms with Crippen molar-refractivity contribution in [3.05, 3.63) is 53.5 Å². The highest BCUT2D eigenvalue weighted by atomic mass is 16.5. The summed E-state index contributed by atoms with van der Waals surface area (Å²) in [6.07, 6.45) is 1.12. The minimum atomic E-state index is -0.576. The zero-order valence-corrected chi connectivity index (χ0v) is 15.4. The van der Waals surface area contributed by atoms with E-state index in [-0.39, 0.29) is 12.1 Å². The molecule has 0 saturated carbocycles. The topological polar surface area (TPSA) is 98.2 Å². The summed E-state index contributed by atoms with van der Waals surface area (Å²) in [5.74, 6) is 0.786. The second-order valence-corrected chi connectivity index (χ2v) is 6.84. The fourth-order valence-corrected chi connectivity index (χ4v) is 3.40. The number of rotatable bonds is 6. The van der Waals surface area contributed by atoms with Crippen LogP contribution in [0.3, 0.4) is 0 Å². The van der Waals surface area contributed by atoms with Gasteiger partial charge in [-0.2, -0.15) is 0 Å². The number of ether oxygens (including phenoxy) is 1. The minimum Gasteiger partial charge on any atom is -0.389 e. The van der Waals surface area contributed by atoms with Gasteiger partial charge in [-0.05, 0) is 13.8 Å². The van der Waals surface area contributed by atoms with Crippen molar-refractivity contribution in [2.75, 3.05) is 6.61 Å². The normalized spacial score (nSPS) is 22.4. The summed E-state index contributed by atoms with van der Waals surface area (Å²) < 4.78 is 12.7. The van der Waals surface area contributed by atoms with E-state index < -0.39 is 6.10 Å². The first-order valence-corrected chi connectivity index (χ1v) is 9.02. The maximum Gasteiger partial charge on any atom is 0.138 e. The van der Waals surface area contributed by atoms with Gasteiger partial charge >= 0.3 is 0 Å². The van der Waals surface area contributed by atoms with Crippen molar-refractivity contribution < 1.29 is 14.4 Å². The molecule has 3 atom stereocenters. The Labute approximate surface area is 157 Å². The molecule has 1 aromatic carbocycles. The first-order valence-electron chi connectivity index (χ1n) is 9.02. The van der Waals surface area contributed by atoms with Gasteiger partial charge in [-0.3, -0.25) is 0 Å². The standard InChI is InChI=1S/C19H23N5O3/c1-12-15(13(2)27-22-12)8-20-19-17(25)11-26-18(19)10-24-9-16(21-23-24)14-6-4-3-5-7-14/h3-7,9,17-20,25H,8,10-11H2,1-2H3/t17-,18+,19+/m0/s1. The van der Waals surface area contributed by atoms with E-state index in [9.17, 15) is 5.11 Å². The number of aliphatic hydroxyl groups excluding tert-OH is 1. The van der Waals surface area contributed by atoms with Crippen molar-refractivity contribution in [1.82, 2.24) is 25.5 Å². The van der Waals surface area contributed by atoms with Crippen LogP contribution in [-0.4, -0.2) is 50.1 Å². The Morgan fingerprint density at radius 1 is 1.26 bits per heavy atom. The van der Waals surface area contributed by atoms with Crippen LogP contribution >= 0.6 is 0 Å². The molecule has 1 saturated heterocycles. The van der Waals surface area contributed by atoms with Crippen LogP contribution in [0.25, 0.3) is 11.3 Å². The van der Waals surface area contributed by atoms with Crippen molar-refractivity contribution >= 4 is 0 Å². The molecular formula is C19H23N5O3. The van der Waals surface area contributed by atoms with E-state index in [1.807, 2.05) is 50.4 Å². The predicted octanol–water partition coefficient (Wildman–Crippen LogP) is 1.47. The maximum absolute atomic E-state index is 10.3. The summed E-state index contributed by atoms with van der Waals surface area (Å²) in [5, 5.41) is 26.1. The lowest BCUT2D eigenvalue weighted by atomic mass is 10.1. The molecular weight excluding hydrogens is 346 g/mol. The van der Waals surface area contributed by atoms with E-state index in [0.29, 0.717) is 19.7 Å². The monoisotopic (exact) mass is 369 g/mol. The SMILES string of the molecule is Cc1noc(C)c1CN[C@@H]1[C@@H](O)CO[C@@H]1Cn1cc(-c2ccccc2)nn1. The van der Waals surface area contributed by atoms with Gasteiger partial charge in [0.1, 0.15) is 11.5 Å². The minimum absolute atomic E-state index is 0.203. The Hall–Kier alpha value is -2.55. The summed E-state index contributed by atoms with van der Waals surface area (Å²) in [6, 6.07) is 9.70. The molecule has 0 unspecified atom stereocenters. The number of nitrogens with one attached hydrogen (secondary N) is 1. The van der Waals surface area contributed by atoms with E-state index in [2.05, 4.69) is 20.8 Å². The van der Waals surface area contributed by atoms with Crippen molar-refractivity contribution in [3.63, 3.8) is 0 Å². The van der Waals surface area contributed by atoms with Gasteiger partial charge in [-0.15, -0.1) is 5.10 Å². The van der Waals surface area contributed by atoms with Gasteiger partial charge in [-0.1, -0.05) is 40.7 Å². The third-order valence-corrected chi connectivity index (χ3v) is 4.97. The predicted molar refractivity (Wildman–Crippen MR) is 97.8 cm³/mol. The molecule has 0 bridgehead atoms. The third-order valence-electron chi connectivity index (χ3n) is 4.97. The molecule has 4 rings (SSSR count). The number of benzene rings is 1. The molecule has 3 heterocycles. The Balaban J connectivity index is 1.43. The second-order valence-electron chi connectivity index (χ2n) is 6.84. The van der Waals surface area contributed by atoms with Gasteiger partial charge in [0.15, 0.2) is 0 Å². The van der Waals surface area contributed by atoms with Crippen LogP contribution < -0.4 is 5.32 Å². The Morgan fingerprint density at radius 2 is 2.07 bits per heavy atom. The van der Waals surface area contributed by atoms with Crippen LogP contribution in [0.2, 0.25) is 0 Å². The zero-order chi connectivity index (χ0) is 18.8. The largest absolute Gasteiger partial charge is 0.389 e. The number of aliphatic hydroxyl groups is 1. The van der Waals surface area contributed by atoms with Gasteiger partial charge in [-0.25, -0.2) is 4.68 Å². The van der Waals surface area contributed by atoms with E-state index >= 15 is 0 Å². The zero-order valence-electron chi connectivity index (χ0n) is 15.4. The summed E-state index contributed by atoms with van der Waals surface area (Å²) in [7, 11) is 0. The molecule has 2 N–H and O–H groups in total. The average Bonchev–Trinajstić information content (AvgIpc) is 3.37. The van der Waals surface area contributed by atoms with Crippen molar-refractivity contribution in [2.45, 2.75) is 45.2 Å². The van der Waals surface area contributed by atoms with E-state index in [1.165, 1.54) is 0 Å². The summed E-state index contributed by atoms with van der Waals surface area (Å²) in [4.78, 5) is 0. The van der Waals surface area contributed by atoms with Crippen molar-refractivity contribution in [1.29, 1.82) is 0 Å². The van der Waals surface area contributed by atoms with Crippen LogP contribution in [0.1, 0.15) is 17.0 Å². The Bertz CT molecular complexity index is 872. The van der Waals surface area contributed by atoms with E-state index in [0.717, 1.165) is 28.3 Å². The van der Waals surface area contributed by atoms with Gasteiger partial charge in [0.05, 0.1) is 43.3 Å². The van der Waals surface area contributed by atoms with Gasteiger partial charge < -0.3 is 19.7 Å². The van der Waals surface area contributed by atoms with Crippen molar-refractivity contribution in [3.8, 4) is 11.3 Å². The van der Waals surface area contributed by atoms with Crippen LogP contribution in [0, 0.1) is 13.8 Å². The number of hydrogen-bond donors (Lipinski definition) is 2. The summed E-state index contributed by atoms with van der Waals surface area (Å²) >= 11 is 0. The van der Waals surface area contributed by atoms with E-state index in [1.54, 1.807) is 4.68 Å². The van der Waals surface area contributed by atoms with Crippen LogP contribution in [0.5, 0.6) is 0 Å². The van der Waals surface area contributed by atoms with Crippen molar-refractivity contribution in [2.24, 2.45) is 0 Å². The highest BCUT2D eigenvalue weighted by molar-refractivity contribution is 5.57. The van der Waals surface area contributed by atoms with Gasteiger partial charge in [0, 0.05) is 17.7 Å². The van der Waals surface area contributed by atoms with Gasteiger partial charge in [0.2, 0.25) is 0 Å². The summed E-state index contributed by atoms with van der Waals surface area (Å²) in [5.41, 5.74) is 3.70. The molecule has 27 heavy (non-hydrogen) atoms. The Morgan fingerprint density at radius 3 is 2.81 bits per heavy atom. The molecule has 142 valence electrons. The molecule has 8 heteroatoms. The number of aromatic nitrogens is 4. The number of aryl methyl sites for hydroxylation is 2. The molecule has 1 fully saturated rings. The highest BCUT2D eigenvalue weighted by Crippen LogP contribution is 2.20. The molecule has 0 aliphatic carbocycles. The number of hydrogen-bond acceptors (Lipinski definition) is 7. The highest BCUT2D eigenvalue weighted by Gasteiger charge is 2.36. The van der Waals surface area contributed by atoms with Crippen LogP contribution in [-0.2, 0) is 17.8 Å². The van der Waals surface area contributed by atoms with Crippen LogP contribution in [0.4, 0.5) is 0 Å². The third kappa shape index (κ3) is 3.78.